The molecule has 1 unspecified atom stereocenters. The maximum absolute atomic E-state index is 12.9. The van der Waals surface area contributed by atoms with E-state index in [0.29, 0.717) is 37.8 Å². The number of rotatable bonds is 7. The van der Waals surface area contributed by atoms with Gasteiger partial charge in [0.25, 0.3) is 0 Å². The van der Waals surface area contributed by atoms with E-state index in [2.05, 4.69) is 9.97 Å². The topological polar surface area (TPSA) is 88.1 Å². The minimum Gasteiger partial charge on any atom is -0.494 e. The van der Waals surface area contributed by atoms with E-state index in [-0.39, 0.29) is 30.6 Å². The molecule has 2 fully saturated rings. The first-order valence-electron chi connectivity index (χ1n) is 10.7. The number of likely N-dealkylation sites (tertiary alicyclic amines) is 1. The van der Waals surface area contributed by atoms with E-state index in [1.54, 1.807) is 14.7 Å². The van der Waals surface area contributed by atoms with Crippen LogP contribution in [0.1, 0.15) is 19.8 Å². The number of hydrogen-bond acceptors (Lipinski definition) is 6. The van der Waals surface area contributed by atoms with Crippen molar-refractivity contribution in [1.82, 2.24) is 19.8 Å². The highest BCUT2D eigenvalue weighted by Gasteiger charge is 2.33. The summed E-state index contributed by atoms with van der Waals surface area (Å²) in [4.78, 5) is 38.9. The van der Waals surface area contributed by atoms with E-state index < -0.39 is 0 Å². The zero-order valence-electron chi connectivity index (χ0n) is 17.9. The lowest BCUT2D eigenvalue weighted by atomic mass is 10.1. The van der Waals surface area contributed by atoms with Crippen molar-refractivity contribution in [1.29, 1.82) is 0 Å². The summed E-state index contributed by atoms with van der Waals surface area (Å²) in [5.74, 6) is 0.679. The molecule has 2 saturated heterocycles. The fraction of sp³-hybridized carbons (Fsp3) is 0.455. The van der Waals surface area contributed by atoms with Gasteiger partial charge in [-0.25, -0.2) is 14.8 Å². The Balaban J connectivity index is 1.31. The highest BCUT2D eigenvalue weighted by Crippen LogP contribution is 2.24. The molecule has 0 saturated carbocycles. The smallest absolute Gasteiger partial charge is 0.325 e. The Morgan fingerprint density at radius 2 is 1.91 bits per heavy atom. The van der Waals surface area contributed by atoms with E-state index in [1.807, 2.05) is 31.2 Å². The predicted octanol–water partition coefficient (Wildman–Crippen LogP) is 2.84. The summed E-state index contributed by atoms with van der Waals surface area (Å²) in [6.07, 6.45) is 4.39. The van der Waals surface area contributed by atoms with Gasteiger partial charge >= 0.3 is 12.0 Å². The molecule has 32 heavy (non-hydrogen) atoms. The van der Waals surface area contributed by atoms with Gasteiger partial charge in [0, 0.05) is 25.3 Å². The zero-order valence-corrected chi connectivity index (χ0v) is 18.7. The van der Waals surface area contributed by atoms with Crippen LogP contribution in [0, 0.1) is 0 Å². The third-order valence-corrected chi connectivity index (χ3v) is 5.68. The lowest BCUT2D eigenvalue weighted by Gasteiger charge is -2.33. The summed E-state index contributed by atoms with van der Waals surface area (Å²) in [6, 6.07) is 7.49. The molecular formula is C22H26ClN5O4. The van der Waals surface area contributed by atoms with Crippen LogP contribution >= 0.6 is 11.6 Å². The Kier molecular flexibility index (Phi) is 6.94. The number of halogens is 1. The van der Waals surface area contributed by atoms with Crippen molar-refractivity contribution in [2.24, 2.45) is 0 Å². The normalized spacial score (nSPS) is 18.8. The Hall–Kier alpha value is -3.07. The molecule has 3 amide bonds. The molecule has 0 spiro atoms. The van der Waals surface area contributed by atoms with Gasteiger partial charge in [-0.05, 0) is 44.0 Å². The summed E-state index contributed by atoms with van der Waals surface area (Å²) in [7, 11) is 0. The first-order valence-corrected chi connectivity index (χ1v) is 11.1. The number of piperidine rings is 1. The second-order valence-corrected chi connectivity index (χ2v) is 8.12. The van der Waals surface area contributed by atoms with Crippen molar-refractivity contribution in [3.63, 3.8) is 0 Å². The number of hydrogen-bond donors (Lipinski definition) is 0. The van der Waals surface area contributed by atoms with Crippen LogP contribution in [0.25, 0.3) is 0 Å². The summed E-state index contributed by atoms with van der Waals surface area (Å²) in [5, 5.41) is 0.437. The van der Waals surface area contributed by atoms with Gasteiger partial charge in [-0.2, -0.15) is 0 Å². The average Bonchev–Trinajstić information content (AvgIpc) is 3.16. The summed E-state index contributed by atoms with van der Waals surface area (Å²) in [5.41, 5.74) is 0.794. The van der Waals surface area contributed by atoms with Gasteiger partial charge in [0.1, 0.15) is 18.4 Å². The number of aromatic nitrogens is 2. The van der Waals surface area contributed by atoms with E-state index in [4.69, 9.17) is 21.1 Å². The van der Waals surface area contributed by atoms with Crippen LogP contribution in [-0.4, -0.2) is 77.1 Å². The molecule has 1 aromatic heterocycles. The molecule has 2 aliphatic heterocycles. The van der Waals surface area contributed by atoms with Gasteiger partial charge in [0.15, 0.2) is 0 Å². The molecule has 0 aliphatic carbocycles. The Morgan fingerprint density at radius 1 is 1.16 bits per heavy atom. The van der Waals surface area contributed by atoms with Crippen LogP contribution in [0.2, 0.25) is 5.02 Å². The maximum Gasteiger partial charge on any atom is 0.325 e. The molecule has 170 valence electrons. The summed E-state index contributed by atoms with van der Waals surface area (Å²) in [6.45, 7) is 4.70. The number of benzene rings is 1. The fourth-order valence-corrected chi connectivity index (χ4v) is 3.99. The lowest BCUT2D eigenvalue weighted by molar-refractivity contribution is -0.134. The molecule has 10 heteroatoms. The number of amides is 3. The minimum absolute atomic E-state index is 0.0521. The van der Waals surface area contributed by atoms with Crippen molar-refractivity contribution in [2.45, 2.75) is 25.9 Å². The summed E-state index contributed by atoms with van der Waals surface area (Å²) < 4.78 is 11.3. The van der Waals surface area contributed by atoms with Crippen molar-refractivity contribution in [2.75, 3.05) is 44.2 Å². The molecule has 2 aliphatic rings. The highest BCUT2D eigenvalue weighted by molar-refractivity contribution is 6.30. The number of ether oxygens (including phenoxy) is 2. The molecule has 2 aromatic rings. The Bertz CT molecular complexity index is 940. The van der Waals surface area contributed by atoms with Crippen LogP contribution in [-0.2, 0) is 4.79 Å². The van der Waals surface area contributed by atoms with Gasteiger partial charge in [-0.1, -0.05) is 11.6 Å². The number of carbonyl (C=O) groups excluding carboxylic acids is 2. The number of nitrogens with zero attached hydrogens (tertiary/aromatic N) is 5. The number of anilines is 1. The lowest BCUT2D eigenvalue weighted by Crippen LogP contribution is -2.48. The van der Waals surface area contributed by atoms with Crippen LogP contribution in [0.3, 0.4) is 0 Å². The largest absolute Gasteiger partial charge is 0.494 e. The Morgan fingerprint density at radius 3 is 2.62 bits per heavy atom. The molecule has 9 nitrogen and oxygen atoms in total. The fourth-order valence-electron chi connectivity index (χ4n) is 3.89. The quantitative estimate of drug-likeness (QED) is 0.632. The SMILES string of the molecule is CCOc1ccc(N2CCN(CC(=O)N3CCCC(Oc4ncc(Cl)cn4)C3)C2=O)cc1. The van der Waals surface area contributed by atoms with E-state index in [0.717, 1.165) is 24.3 Å². The third kappa shape index (κ3) is 5.21. The molecule has 0 radical (unpaired) electrons. The molecule has 1 aromatic carbocycles. The zero-order chi connectivity index (χ0) is 22.5. The van der Waals surface area contributed by atoms with Crippen molar-refractivity contribution >= 4 is 29.2 Å². The van der Waals surface area contributed by atoms with Crippen molar-refractivity contribution in [3.05, 3.63) is 41.7 Å². The first-order chi connectivity index (χ1) is 15.5. The standard InChI is InChI=1S/C22H26ClN5O4/c1-2-31-18-7-5-17(6-8-18)28-11-10-27(22(28)30)15-20(29)26-9-3-4-19(14-26)32-21-24-12-16(23)13-25-21/h5-8,12-13,19H,2-4,9-11,14-15H2,1H3. The van der Waals surface area contributed by atoms with Gasteiger partial charge in [-0.15, -0.1) is 0 Å². The van der Waals surface area contributed by atoms with Crippen LogP contribution in [0.5, 0.6) is 11.8 Å². The molecule has 1 atom stereocenters. The monoisotopic (exact) mass is 459 g/mol. The second-order valence-electron chi connectivity index (χ2n) is 7.69. The maximum atomic E-state index is 12.9. The van der Waals surface area contributed by atoms with Gasteiger partial charge in [0.2, 0.25) is 5.91 Å². The highest BCUT2D eigenvalue weighted by atomic mass is 35.5. The van der Waals surface area contributed by atoms with Crippen LogP contribution in [0.15, 0.2) is 36.7 Å². The Labute approximate surface area is 191 Å². The van der Waals surface area contributed by atoms with E-state index in [9.17, 15) is 9.59 Å². The third-order valence-electron chi connectivity index (χ3n) is 5.48. The number of urea groups is 1. The van der Waals surface area contributed by atoms with E-state index in [1.165, 1.54) is 12.4 Å². The second kappa shape index (κ2) is 10.0. The minimum atomic E-state index is -0.191. The predicted molar refractivity (Wildman–Crippen MR) is 119 cm³/mol. The average molecular weight is 460 g/mol. The van der Waals surface area contributed by atoms with Gasteiger partial charge in [0.05, 0.1) is 30.6 Å². The molecule has 0 N–H and O–H groups in total. The summed E-state index contributed by atoms with van der Waals surface area (Å²) >= 11 is 5.81. The van der Waals surface area contributed by atoms with Crippen LogP contribution < -0.4 is 14.4 Å². The molecule has 0 bridgehead atoms. The molecule has 4 rings (SSSR count). The molecular weight excluding hydrogens is 434 g/mol. The van der Waals surface area contributed by atoms with E-state index >= 15 is 0 Å². The number of carbonyl (C=O) groups is 2. The first kappa shape index (κ1) is 22.1. The molecule has 3 heterocycles. The van der Waals surface area contributed by atoms with Crippen molar-refractivity contribution < 1.29 is 19.1 Å². The van der Waals surface area contributed by atoms with Crippen LogP contribution in [0.4, 0.5) is 10.5 Å². The van der Waals surface area contributed by atoms with Crippen molar-refractivity contribution in [3.8, 4) is 11.8 Å². The van der Waals surface area contributed by atoms with Gasteiger partial charge in [-0.3, -0.25) is 9.69 Å². The van der Waals surface area contributed by atoms with Gasteiger partial charge < -0.3 is 19.3 Å².